The minimum Gasteiger partial charge on any atom is -0.129 e. The second kappa shape index (κ2) is 4.52. The molecular formula is C7H10N2PS+. The molecule has 1 atom stereocenters. The average molecular weight is 185 g/mol. The molecule has 1 aromatic rings. The van der Waals surface area contributed by atoms with Crippen molar-refractivity contribution in [3.05, 3.63) is 35.9 Å². The monoisotopic (exact) mass is 185 g/mol. The first-order chi connectivity index (χ1) is 5.29. The van der Waals surface area contributed by atoms with Gasteiger partial charge >= 0.3 is 7.00 Å². The lowest BCUT2D eigenvalue weighted by Crippen LogP contribution is -2.05. The normalized spacial score (nSPS) is 11.2. The van der Waals surface area contributed by atoms with Crippen molar-refractivity contribution in [1.29, 1.82) is 0 Å². The van der Waals surface area contributed by atoms with E-state index in [1.54, 1.807) is 0 Å². The molecule has 0 aliphatic heterocycles. The van der Waals surface area contributed by atoms with E-state index in [1.165, 1.54) is 5.56 Å². The lowest BCUT2D eigenvalue weighted by Gasteiger charge is -1.93. The van der Waals surface area contributed by atoms with Gasteiger partial charge in [-0.3, -0.25) is 0 Å². The molecule has 58 valence electrons. The van der Waals surface area contributed by atoms with Gasteiger partial charge < -0.3 is 0 Å². The Morgan fingerprint density at radius 2 is 2.00 bits per heavy atom. The molecular weight excluding hydrogens is 175 g/mol. The van der Waals surface area contributed by atoms with Crippen molar-refractivity contribution in [1.82, 2.24) is 5.09 Å². The molecule has 0 heterocycles. The molecule has 0 aliphatic carbocycles. The summed E-state index contributed by atoms with van der Waals surface area (Å²) < 4.78 is 0. The van der Waals surface area contributed by atoms with E-state index in [-0.39, 0.29) is 0 Å². The standard InChI is InChI=1S/C7H10N2PS/c8-10(11)9-6-7-4-2-1-3-5-7/h1-5H,6H2,(H3,8,9,11)/q+1. The highest BCUT2D eigenvalue weighted by molar-refractivity contribution is 8.03. The first kappa shape index (κ1) is 8.75. The molecule has 0 amide bonds. The summed E-state index contributed by atoms with van der Waals surface area (Å²) in [6.07, 6.45) is 0. The van der Waals surface area contributed by atoms with Gasteiger partial charge in [-0.1, -0.05) is 30.3 Å². The van der Waals surface area contributed by atoms with Crippen LogP contribution >= 0.6 is 7.00 Å². The number of rotatable bonds is 3. The van der Waals surface area contributed by atoms with Crippen LogP contribution in [0.2, 0.25) is 0 Å². The van der Waals surface area contributed by atoms with Gasteiger partial charge in [-0.2, -0.15) is 0 Å². The molecule has 0 aromatic heterocycles. The maximum atomic E-state index is 5.41. The van der Waals surface area contributed by atoms with Gasteiger partial charge in [0.2, 0.25) is 11.8 Å². The molecule has 3 N–H and O–H groups in total. The van der Waals surface area contributed by atoms with Gasteiger partial charge in [0, 0.05) is 0 Å². The molecule has 1 aromatic carbocycles. The smallest absolute Gasteiger partial charge is 0.129 e. The zero-order valence-electron chi connectivity index (χ0n) is 6.03. The molecule has 1 rings (SSSR count). The SMILES string of the molecule is N[P+](=S)NCc1ccccc1. The highest BCUT2D eigenvalue weighted by Crippen LogP contribution is 2.04. The summed E-state index contributed by atoms with van der Waals surface area (Å²) in [5.74, 6) is 0. The van der Waals surface area contributed by atoms with Crippen molar-refractivity contribution in [2.75, 3.05) is 0 Å². The van der Waals surface area contributed by atoms with Crippen LogP contribution in [0.1, 0.15) is 5.56 Å². The number of benzene rings is 1. The topological polar surface area (TPSA) is 38.0 Å². The van der Waals surface area contributed by atoms with Crippen molar-refractivity contribution >= 4 is 18.8 Å². The molecule has 1 unspecified atom stereocenters. The zero-order chi connectivity index (χ0) is 8.10. The summed E-state index contributed by atoms with van der Waals surface area (Å²) >= 11 is 4.81. The average Bonchev–Trinajstić information content (AvgIpc) is 2.03. The van der Waals surface area contributed by atoms with E-state index in [9.17, 15) is 0 Å². The van der Waals surface area contributed by atoms with Crippen LogP contribution in [0.5, 0.6) is 0 Å². The van der Waals surface area contributed by atoms with Crippen LogP contribution in [0.3, 0.4) is 0 Å². The van der Waals surface area contributed by atoms with Crippen LogP contribution in [-0.4, -0.2) is 0 Å². The molecule has 4 heteroatoms. The third-order valence-corrected chi connectivity index (χ3v) is 2.14. The minimum absolute atomic E-state index is 0.770. The first-order valence-electron chi connectivity index (χ1n) is 3.28. The van der Waals surface area contributed by atoms with Crippen LogP contribution in [0.15, 0.2) is 30.3 Å². The number of nitrogens with one attached hydrogen (secondary N) is 1. The Labute approximate surface area is 72.3 Å². The Bertz CT molecular complexity index is 237. The lowest BCUT2D eigenvalue weighted by atomic mass is 10.2. The van der Waals surface area contributed by atoms with Crippen molar-refractivity contribution in [3.8, 4) is 0 Å². The van der Waals surface area contributed by atoms with Crippen molar-refractivity contribution in [2.45, 2.75) is 6.54 Å². The van der Waals surface area contributed by atoms with E-state index in [4.69, 9.17) is 17.3 Å². The molecule has 0 radical (unpaired) electrons. The van der Waals surface area contributed by atoms with Crippen molar-refractivity contribution in [3.63, 3.8) is 0 Å². The van der Waals surface area contributed by atoms with Gasteiger partial charge in [-0.25, -0.2) is 0 Å². The summed E-state index contributed by atoms with van der Waals surface area (Å²) in [7, 11) is 0. The molecule has 0 fully saturated rings. The van der Waals surface area contributed by atoms with Gasteiger partial charge in [0.15, 0.2) is 0 Å². The van der Waals surface area contributed by atoms with E-state index in [0.717, 1.165) is 6.54 Å². The molecule has 0 spiro atoms. The van der Waals surface area contributed by atoms with Gasteiger partial charge in [-0.05, 0) is 5.56 Å². The first-order valence-corrected chi connectivity index (χ1v) is 5.71. The minimum atomic E-state index is -0.891. The van der Waals surface area contributed by atoms with Crippen molar-refractivity contribution in [2.24, 2.45) is 5.50 Å². The molecule has 0 bridgehead atoms. The Morgan fingerprint density at radius 1 is 1.36 bits per heavy atom. The quantitative estimate of drug-likeness (QED) is 0.701. The predicted octanol–water partition coefficient (Wildman–Crippen LogP) is 1.51. The summed E-state index contributed by atoms with van der Waals surface area (Å²) in [6, 6.07) is 10.1. The number of hydrogen-bond acceptors (Lipinski definition) is 1. The van der Waals surface area contributed by atoms with Gasteiger partial charge in [-0.15, -0.1) is 10.6 Å². The van der Waals surface area contributed by atoms with Crippen LogP contribution in [-0.2, 0) is 18.4 Å². The summed E-state index contributed by atoms with van der Waals surface area (Å²) in [6.45, 7) is -0.120. The molecule has 11 heavy (non-hydrogen) atoms. The zero-order valence-corrected chi connectivity index (χ0v) is 7.74. The molecule has 2 nitrogen and oxygen atoms in total. The van der Waals surface area contributed by atoms with E-state index in [2.05, 4.69) is 5.09 Å². The van der Waals surface area contributed by atoms with Gasteiger partial charge in [0.25, 0.3) is 0 Å². The van der Waals surface area contributed by atoms with E-state index in [1.807, 2.05) is 30.3 Å². The molecule has 0 aliphatic rings. The fraction of sp³-hybridized carbons (Fsp3) is 0.143. The van der Waals surface area contributed by atoms with Crippen LogP contribution in [0.25, 0.3) is 0 Å². The Balaban J connectivity index is 2.45. The van der Waals surface area contributed by atoms with Crippen LogP contribution in [0.4, 0.5) is 0 Å². The van der Waals surface area contributed by atoms with Gasteiger partial charge in [0.1, 0.15) is 0 Å². The van der Waals surface area contributed by atoms with Crippen molar-refractivity contribution < 1.29 is 0 Å². The summed E-state index contributed by atoms with van der Waals surface area (Å²) in [5, 5.41) is 3.02. The van der Waals surface area contributed by atoms with Crippen LogP contribution < -0.4 is 10.6 Å². The molecule has 0 saturated carbocycles. The number of nitrogens with two attached hydrogens (primary N) is 1. The van der Waals surface area contributed by atoms with E-state index in [0.29, 0.717) is 0 Å². The second-order valence-electron chi connectivity index (χ2n) is 2.15. The summed E-state index contributed by atoms with van der Waals surface area (Å²) in [4.78, 5) is 0. The van der Waals surface area contributed by atoms with Crippen LogP contribution in [0, 0.1) is 0 Å². The lowest BCUT2D eigenvalue weighted by molar-refractivity contribution is 0.967. The number of hydrogen-bond donors (Lipinski definition) is 2. The fourth-order valence-corrected chi connectivity index (χ4v) is 1.30. The van der Waals surface area contributed by atoms with Gasteiger partial charge in [0.05, 0.1) is 6.54 Å². The summed E-state index contributed by atoms with van der Waals surface area (Å²) in [5.41, 5.74) is 6.63. The van der Waals surface area contributed by atoms with E-state index < -0.39 is 7.00 Å². The highest BCUT2D eigenvalue weighted by atomic mass is 32.4. The largest absolute Gasteiger partial charge is 0.358 e. The third kappa shape index (κ3) is 3.54. The Kier molecular flexibility index (Phi) is 3.60. The molecule has 0 saturated heterocycles. The maximum Gasteiger partial charge on any atom is 0.358 e. The van der Waals surface area contributed by atoms with E-state index >= 15 is 0 Å². The Hall–Kier alpha value is -0.340. The third-order valence-electron chi connectivity index (χ3n) is 1.28. The maximum absolute atomic E-state index is 5.41. The predicted molar refractivity (Wildman–Crippen MR) is 51.8 cm³/mol. The second-order valence-corrected chi connectivity index (χ2v) is 4.29. The fourth-order valence-electron chi connectivity index (χ4n) is 0.765. The Morgan fingerprint density at radius 3 is 2.55 bits per heavy atom. The highest BCUT2D eigenvalue weighted by Gasteiger charge is 1.99.